The smallest absolute Gasteiger partial charge is 0.409 e. The predicted molar refractivity (Wildman–Crippen MR) is 123 cm³/mol. The molecule has 31 heavy (non-hydrogen) atoms. The number of thiazole rings is 1. The van der Waals surface area contributed by atoms with Gasteiger partial charge in [0.2, 0.25) is 5.91 Å². The van der Waals surface area contributed by atoms with Crippen molar-refractivity contribution in [2.24, 2.45) is 0 Å². The summed E-state index contributed by atoms with van der Waals surface area (Å²) in [7, 11) is 0. The van der Waals surface area contributed by atoms with Crippen LogP contribution >= 0.6 is 11.3 Å². The molecule has 0 radical (unpaired) electrons. The number of aliphatic hydroxyl groups is 1. The van der Waals surface area contributed by atoms with E-state index < -0.39 is 6.09 Å². The van der Waals surface area contributed by atoms with E-state index in [1.165, 1.54) is 37.5 Å². The molecule has 8 nitrogen and oxygen atoms in total. The molecule has 2 amide bonds. The topological polar surface area (TPSA) is 124 Å². The molecule has 0 spiro atoms. The number of carbonyl (C=O) groups is 2. The van der Waals surface area contributed by atoms with E-state index in [0.717, 1.165) is 34.2 Å². The highest BCUT2D eigenvalue weighted by atomic mass is 32.1. The molecule has 0 atom stereocenters. The monoisotopic (exact) mass is 442 g/mol. The van der Waals surface area contributed by atoms with Crippen molar-refractivity contribution in [3.8, 4) is 11.1 Å². The van der Waals surface area contributed by atoms with Crippen LogP contribution < -0.4 is 10.6 Å². The number of nitrogens with zero attached hydrogens (tertiary/aromatic N) is 2. The fraction of sp³-hybridized carbons (Fsp3) is 0.364. The van der Waals surface area contributed by atoms with Crippen LogP contribution in [0.2, 0.25) is 0 Å². The van der Waals surface area contributed by atoms with Crippen LogP contribution in [0.15, 0.2) is 30.5 Å². The number of aromatic nitrogens is 2. The number of rotatable bonds is 3. The second-order valence-electron chi connectivity index (χ2n) is 7.46. The Balaban J connectivity index is 0.000000330. The minimum Gasteiger partial charge on any atom is -0.465 e. The van der Waals surface area contributed by atoms with Crippen LogP contribution in [0.4, 0.5) is 15.6 Å². The third-order valence-corrected chi connectivity index (χ3v) is 5.84. The van der Waals surface area contributed by atoms with Gasteiger partial charge in [-0.25, -0.2) is 9.78 Å². The van der Waals surface area contributed by atoms with Crippen LogP contribution in [0, 0.1) is 6.92 Å². The van der Waals surface area contributed by atoms with Crippen molar-refractivity contribution in [2.45, 2.75) is 52.1 Å². The number of hydrogen-bond acceptors (Lipinski definition) is 6. The molecule has 2 heterocycles. The van der Waals surface area contributed by atoms with E-state index in [1.807, 2.05) is 18.2 Å². The molecule has 3 aromatic rings. The molecule has 1 aromatic carbocycles. The molecule has 1 saturated carbocycles. The first-order chi connectivity index (χ1) is 14.8. The summed E-state index contributed by atoms with van der Waals surface area (Å²) in [5, 5.41) is 23.4. The van der Waals surface area contributed by atoms with Crippen molar-refractivity contribution in [1.82, 2.24) is 9.97 Å². The highest BCUT2D eigenvalue weighted by molar-refractivity contribution is 7.22. The number of pyridine rings is 1. The molecular weight excluding hydrogens is 416 g/mol. The van der Waals surface area contributed by atoms with Crippen molar-refractivity contribution in [3.05, 3.63) is 36.2 Å². The van der Waals surface area contributed by atoms with Crippen LogP contribution in [0.5, 0.6) is 0 Å². The highest BCUT2D eigenvalue weighted by Crippen LogP contribution is 2.31. The fourth-order valence-corrected chi connectivity index (χ4v) is 4.27. The van der Waals surface area contributed by atoms with Gasteiger partial charge in [-0.1, -0.05) is 36.7 Å². The Bertz CT molecular complexity index is 1080. The van der Waals surface area contributed by atoms with E-state index in [1.54, 1.807) is 19.2 Å². The molecule has 164 valence electrons. The number of nitrogens with one attached hydrogen (secondary N) is 2. The van der Waals surface area contributed by atoms with Crippen molar-refractivity contribution >= 4 is 44.4 Å². The molecule has 1 fully saturated rings. The lowest BCUT2D eigenvalue weighted by atomic mass is 9.98. The minimum absolute atomic E-state index is 0.0359. The number of amides is 2. The Morgan fingerprint density at radius 1 is 1.10 bits per heavy atom. The molecule has 1 aliphatic carbocycles. The molecule has 0 bridgehead atoms. The highest BCUT2D eigenvalue weighted by Gasteiger charge is 2.10. The van der Waals surface area contributed by atoms with Crippen LogP contribution in [0.1, 0.15) is 44.7 Å². The van der Waals surface area contributed by atoms with E-state index in [0.29, 0.717) is 16.5 Å². The Kier molecular flexibility index (Phi) is 7.54. The van der Waals surface area contributed by atoms with Crippen LogP contribution in [0.25, 0.3) is 21.3 Å². The Labute approximate surface area is 184 Å². The van der Waals surface area contributed by atoms with Gasteiger partial charge in [-0.15, -0.1) is 0 Å². The number of hydrogen-bond donors (Lipinski definition) is 4. The summed E-state index contributed by atoms with van der Waals surface area (Å²) in [6.45, 7) is 3.17. The maximum absolute atomic E-state index is 11.1. The molecule has 4 N–H and O–H groups in total. The van der Waals surface area contributed by atoms with Gasteiger partial charge in [0.1, 0.15) is 0 Å². The zero-order valence-corrected chi connectivity index (χ0v) is 18.3. The molecule has 0 unspecified atom stereocenters. The standard InChI is InChI=1S/C16H14N4O3S.C6H12O/c1-8-13(20-16(22)23)5-11(7-17-8)10-3-4-12-14(6-10)24-15(19-12)18-9(2)21;7-6-4-2-1-3-5-6/h3-7,20H,1-2H3,(H,22,23)(H,18,19,21);6-7H,1-5H2. The number of aryl methyl sites for hydroxylation is 1. The van der Waals surface area contributed by atoms with Gasteiger partial charge in [0.25, 0.3) is 0 Å². The van der Waals surface area contributed by atoms with E-state index in [-0.39, 0.29) is 12.0 Å². The lowest BCUT2D eigenvalue weighted by Gasteiger charge is -2.14. The zero-order valence-electron chi connectivity index (χ0n) is 17.5. The average Bonchev–Trinajstić information content (AvgIpc) is 3.11. The molecule has 4 rings (SSSR count). The third-order valence-electron chi connectivity index (χ3n) is 4.91. The van der Waals surface area contributed by atoms with E-state index >= 15 is 0 Å². The van der Waals surface area contributed by atoms with Gasteiger partial charge in [0.15, 0.2) is 5.13 Å². The second-order valence-corrected chi connectivity index (χ2v) is 8.49. The van der Waals surface area contributed by atoms with E-state index in [2.05, 4.69) is 20.6 Å². The fourth-order valence-electron chi connectivity index (χ4n) is 3.32. The number of anilines is 2. The lowest BCUT2D eigenvalue weighted by Crippen LogP contribution is -2.09. The molecular formula is C22H26N4O4S. The minimum atomic E-state index is -1.13. The molecule has 9 heteroatoms. The zero-order chi connectivity index (χ0) is 22.4. The quantitative estimate of drug-likeness (QED) is 0.451. The summed E-state index contributed by atoms with van der Waals surface area (Å²) in [4.78, 5) is 30.6. The van der Waals surface area contributed by atoms with Crippen molar-refractivity contribution in [2.75, 3.05) is 10.6 Å². The normalized spacial score (nSPS) is 13.9. The summed E-state index contributed by atoms with van der Waals surface area (Å²) < 4.78 is 0.921. The van der Waals surface area contributed by atoms with E-state index in [9.17, 15) is 9.59 Å². The second kappa shape index (κ2) is 10.3. The van der Waals surface area contributed by atoms with Crippen molar-refractivity contribution in [1.29, 1.82) is 0 Å². The van der Waals surface area contributed by atoms with Gasteiger partial charge in [-0.2, -0.15) is 0 Å². The molecule has 0 aliphatic heterocycles. The first-order valence-corrected chi connectivity index (χ1v) is 11.0. The number of carboxylic acid groups (broad SMARTS) is 1. The largest absolute Gasteiger partial charge is 0.465 e. The van der Waals surface area contributed by atoms with Gasteiger partial charge in [-0.3, -0.25) is 15.1 Å². The first-order valence-electron chi connectivity index (χ1n) is 10.1. The van der Waals surface area contributed by atoms with Gasteiger partial charge < -0.3 is 15.5 Å². The van der Waals surface area contributed by atoms with Gasteiger partial charge >= 0.3 is 6.09 Å². The summed E-state index contributed by atoms with van der Waals surface area (Å²) >= 11 is 1.38. The van der Waals surface area contributed by atoms with Crippen molar-refractivity contribution < 1.29 is 19.8 Å². The summed E-state index contributed by atoms with van der Waals surface area (Å²) in [6, 6.07) is 7.43. The summed E-state index contributed by atoms with van der Waals surface area (Å²) in [5.74, 6) is -0.165. The lowest BCUT2D eigenvalue weighted by molar-refractivity contribution is -0.114. The Morgan fingerprint density at radius 2 is 1.84 bits per heavy atom. The number of benzene rings is 1. The van der Waals surface area contributed by atoms with Gasteiger partial charge in [-0.05, 0) is 43.5 Å². The van der Waals surface area contributed by atoms with Crippen LogP contribution in [-0.2, 0) is 4.79 Å². The summed E-state index contributed by atoms with van der Waals surface area (Å²) in [6.07, 6.45) is 6.49. The van der Waals surface area contributed by atoms with Gasteiger partial charge in [0, 0.05) is 18.7 Å². The average molecular weight is 443 g/mol. The SMILES string of the molecule is CC(=O)Nc1nc2ccc(-c3cnc(C)c(NC(=O)O)c3)cc2s1.OC1CCCCC1. The van der Waals surface area contributed by atoms with Crippen LogP contribution in [0.3, 0.4) is 0 Å². The van der Waals surface area contributed by atoms with E-state index in [4.69, 9.17) is 10.2 Å². The van der Waals surface area contributed by atoms with Gasteiger partial charge in [0.05, 0.1) is 27.7 Å². The Hall–Kier alpha value is -3.04. The molecule has 2 aromatic heterocycles. The third kappa shape index (κ3) is 6.47. The number of aliphatic hydroxyl groups excluding tert-OH is 1. The van der Waals surface area contributed by atoms with Crippen molar-refractivity contribution in [3.63, 3.8) is 0 Å². The maximum atomic E-state index is 11.1. The number of carbonyl (C=O) groups excluding carboxylic acids is 1. The number of fused-ring (bicyclic) bond motifs is 1. The predicted octanol–water partition coefficient (Wildman–Crippen LogP) is 5.03. The Morgan fingerprint density at radius 3 is 2.45 bits per heavy atom. The molecule has 0 saturated heterocycles. The van der Waals surface area contributed by atoms with Crippen LogP contribution in [-0.4, -0.2) is 38.3 Å². The summed E-state index contributed by atoms with van der Waals surface area (Å²) in [5.41, 5.74) is 3.52. The first kappa shape index (κ1) is 22.6. The molecule has 1 aliphatic rings. The maximum Gasteiger partial charge on any atom is 0.409 e.